The fourth-order valence-corrected chi connectivity index (χ4v) is 4.99. The first-order valence-corrected chi connectivity index (χ1v) is 12.3. The summed E-state index contributed by atoms with van der Waals surface area (Å²) in [6.45, 7) is 5.48. The number of sulfonamides is 1. The quantitative estimate of drug-likeness (QED) is 0.465. The molecule has 0 aromatic heterocycles. The van der Waals surface area contributed by atoms with E-state index in [0.717, 1.165) is 15.4 Å². The average molecular weight is 483 g/mol. The first-order valence-electron chi connectivity index (χ1n) is 10.9. The second-order valence-corrected chi connectivity index (χ2v) is 10.0. The van der Waals surface area contributed by atoms with E-state index < -0.39 is 22.5 Å². The van der Waals surface area contributed by atoms with Crippen LogP contribution in [0.25, 0.3) is 0 Å². The Labute approximate surface area is 201 Å². The molecule has 0 aliphatic heterocycles. The molecule has 3 aromatic carbocycles. The molecule has 0 aliphatic carbocycles. The molecule has 1 N–H and O–H groups in total. The molecule has 0 spiro atoms. The van der Waals surface area contributed by atoms with Gasteiger partial charge in [-0.2, -0.15) is 0 Å². The zero-order valence-electron chi connectivity index (χ0n) is 20.0. The van der Waals surface area contributed by atoms with Crippen molar-refractivity contribution in [2.45, 2.75) is 31.6 Å². The number of nitrogens with zero attached hydrogens (tertiary/aromatic N) is 1. The first-order chi connectivity index (χ1) is 16.2. The van der Waals surface area contributed by atoms with Gasteiger partial charge in [0.05, 0.1) is 24.8 Å². The number of rotatable bonds is 9. The van der Waals surface area contributed by atoms with Crippen LogP contribution in [0.1, 0.15) is 30.9 Å². The zero-order valence-corrected chi connectivity index (χ0v) is 20.8. The van der Waals surface area contributed by atoms with Crippen LogP contribution in [0, 0.1) is 6.92 Å². The molecule has 0 unspecified atom stereocenters. The molecule has 8 heteroatoms. The van der Waals surface area contributed by atoms with E-state index in [4.69, 9.17) is 9.47 Å². The third-order valence-electron chi connectivity index (χ3n) is 5.41. The molecule has 0 radical (unpaired) electrons. The molecule has 0 aliphatic rings. The number of methoxy groups -OCH3 is 2. The molecule has 0 saturated carbocycles. The number of aryl methyl sites for hydroxylation is 1. The highest BCUT2D eigenvalue weighted by Gasteiger charge is 2.30. The van der Waals surface area contributed by atoms with E-state index in [1.54, 1.807) is 36.4 Å². The van der Waals surface area contributed by atoms with Crippen LogP contribution in [0.4, 0.5) is 11.4 Å². The molecular weight excluding hydrogens is 452 g/mol. The summed E-state index contributed by atoms with van der Waals surface area (Å²) in [5.74, 6) is 0.438. The molecular formula is C26H30N2O5S. The lowest BCUT2D eigenvalue weighted by molar-refractivity contribution is -0.114. The van der Waals surface area contributed by atoms with Crippen molar-refractivity contribution >= 4 is 27.3 Å². The number of carbonyl (C=O) groups excluding carboxylic acids is 1. The highest BCUT2D eigenvalue weighted by molar-refractivity contribution is 7.92. The molecule has 1 amide bonds. The van der Waals surface area contributed by atoms with Gasteiger partial charge in [-0.3, -0.25) is 9.10 Å². The Morgan fingerprint density at radius 1 is 0.971 bits per heavy atom. The van der Waals surface area contributed by atoms with Crippen LogP contribution in [0.15, 0.2) is 71.6 Å². The second kappa shape index (κ2) is 10.6. The highest BCUT2D eigenvalue weighted by Crippen LogP contribution is 2.36. The SMILES string of the molecule is COc1ccc(OC)c(N(CC(=O)Nc2ccccc2C(C)C)S(=O)(=O)c2ccc(C)cc2)c1. The summed E-state index contributed by atoms with van der Waals surface area (Å²) in [6, 6.07) is 18.8. The van der Waals surface area contributed by atoms with Gasteiger partial charge >= 0.3 is 0 Å². The maximum atomic E-state index is 13.7. The minimum absolute atomic E-state index is 0.0679. The summed E-state index contributed by atoms with van der Waals surface area (Å²) in [5.41, 5.74) is 2.73. The van der Waals surface area contributed by atoms with Crippen LogP contribution in [-0.2, 0) is 14.8 Å². The predicted molar refractivity (Wildman–Crippen MR) is 134 cm³/mol. The number of hydrogen-bond donors (Lipinski definition) is 1. The molecule has 180 valence electrons. The van der Waals surface area contributed by atoms with Gasteiger partial charge in [-0.05, 0) is 48.7 Å². The number of amides is 1. The number of carbonyl (C=O) groups is 1. The van der Waals surface area contributed by atoms with Crippen molar-refractivity contribution in [3.63, 3.8) is 0 Å². The van der Waals surface area contributed by atoms with Gasteiger partial charge in [0, 0.05) is 11.8 Å². The maximum absolute atomic E-state index is 13.7. The van der Waals surface area contributed by atoms with E-state index in [1.807, 2.05) is 39.0 Å². The molecule has 0 atom stereocenters. The van der Waals surface area contributed by atoms with Gasteiger partial charge in [0.25, 0.3) is 10.0 Å². The molecule has 7 nitrogen and oxygen atoms in total. The van der Waals surface area contributed by atoms with E-state index in [-0.39, 0.29) is 16.5 Å². The number of benzene rings is 3. The van der Waals surface area contributed by atoms with Gasteiger partial charge < -0.3 is 14.8 Å². The first kappa shape index (κ1) is 25.1. The normalized spacial score (nSPS) is 11.2. The summed E-state index contributed by atoms with van der Waals surface area (Å²) in [5, 5.41) is 2.87. The van der Waals surface area contributed by atoms with Crippen LogP contribution < -0.4 is 19.1 Å². The second-order valence-electron chi connectivity index (χ2n) is 8.15. The summed E-state index contributed by atoms with van der Waals surface area (Å²) in [4.78, 5) is 13.2. The monoisotopic (exact) mass is 482 g/mol. The lowest BCUT2D eigenvalue weighted by Crippen LogP contribution is -2.38. The van der Waals surface area contributed by atoms with Crippen molar-refractivity contribution < 1.29 is 22.7 Å². The van der Waals surface area contributed by atoms with Gasteiger partial charge in [0.1, 0.15) is 18.0 Å². The summed E-state index contributed by atoms with van der Waals surface area (Å²) >= 11 is 0. The number of hydrogen-bond acceptors (Lipinski definition) is 5. The van der Waals surface area contributed by atoms with Crippen LogP contribution in [0.2, 0.25) is 0 Å². The Hall–Kier alpha value is -3.52. The van der Waals surface area contributed by atoms with Crippen molar-refractivity contribution in [2.24, 2.45) is 0 Å². The Balaban J connectivity index is 2.06. The fraction of sp³-hybridized carbons (Fsp3) is 0.269. The van der Waals surface area contributed by atoms with Crippen molar-refractivity contribution in [3.8, 4) is 11.5 Å². The van der Waals surface area contributed by atoms with Crippen LogP contribution in [-0.4, -0.2) is 35.1 Å². The summed E-state index contributed by atoms with van der Waals surface area (Å²) in [7, 11) is -1.17. The van der Waals surface area contributed by atoms with Crippen molar-refractivity contribution in [1.29, 1.82) is 0 Å². The molecule has 0 saturated heterocycles. The van der Waals surface area contributed by atoms with Gasteiger partial charge in [0.15, 0.2) is 0 Å². The topological polar surface area (TPSA) is 84.9 Å². The van der Waals surface area contributed by atoms with Crippen molar-refractivity contribution in [2.75, 3.05) is 30.4 Å². The van der Waals surface area contributed by atoms with E-state index in [1.165, 1.54) is 26.4 Å². The Kier molecular flexibility index (Phi) is 7.83. The number of nitrogens with one attached hydrogen (secondary N) is 1. The van der Waals surface area contributed by atoms with Crippen molar-refractivity contribution in [3.05, 3.63) is 77.9 Å². The van der Waals surface area contributed by atoms with Gasteiger partial charge in [-0.25, -0.2) is 8.42 Å². The van der Waals surface area contributed by atoms with E-state index in [9.17, 15) is 13.2 Å². The molecule has 0 bridgehead atoms. The minimum Gasteiger partial charge on any atom is -0.497 e. The fourth-order valence-electron chi connectivity index (χ4n) is 3.56. The summed E-state index contributed by atoms with van der Waals surface area (Å²) in [6.07, 6.45) is 0. The molecule has 3 rings (SSSR count). The summed E-state index contributed by atoms with van der Waals surface area (Å²) < 4.78 is 39.2. The number of anilines is 2. The molecule has 0 fully saturated rings. The van der Waals surface area contributed by atoms with E-state index in [0.29, 0.717) is 17.2 Å². The number of para-hydroxylation sites is 1. The lowest BCUT2D eigenvalue weighted by atomic mass is 10.0. The molecule has 0 heterocycles. The Morgan fingerprint density at radius 3 is 2.26 bits per heavy atom. The lowest BCUT2D eigenvalue weighted by Gasteiger charge is -2.26. The smallest absolute Gasteiger partial charge is 0.264 e. The Morgan fingerprint density at radius 2 is 1.65 bits per heavy atom. The third kappa shape index (κ3) is 5.51. The average Bonchev–Trinajstić information content (AvgIpc) is 2.82. The maximum Gasteiger partial charge on any atom is 0.264 e. The Bertz CT molecular complexity index is 1250. The number of ether oxygens (including phenoxy) is 2. The van der Waals surface area contributed by atoms with Crippen LogP contribution in [0.3, 0.4) is 0 Å². The molecule has 34 heavy (non-hydrogen) atoms. The molecule has 3 aromatic rings. The highest BCUT2D eigenvalue weighted by atomic mass is 32.2. The van der Waals surface area contributed by atoms with Crippen molar-refractivity contribution in [1.82, 2.24) is 0 Å². The van der Waals surface area contributed by atoms with Gasteiger partial charge in [-0.1, -0.05) is 49.7 Å². The van der Waals surface area contributed by atoms with E-state index >= 15 is 0 Å². The largest absolute Gasteiger partial charge is 0.497 e. The van der Waals surface area contributed by atoms with Gasteiger partial charge in [0.2, 0.25) is 5.91 Å². The van der Waals surface area contributed by atoms with Gasteiger partial charge in [-0.15, -0.1) is 0 Å². The zero-order chi connectivity index (χ0) is 24.9. The minimum atomic E-state index is -4.11. The third-order valence-corrected chi connectivity index (χ3v) is 7.18. The standard InChI is InChI=1S/C26H30N2O5S/c1-18(2)22-8-6-7-9-23(22)27-26(29)17-28(24-16-20(32-4)12-15-25(24)33-5)34(30,31)21-13-10-19(3)11-14-21/h6-16,18H,17H2,1-5H3,(H,27,29). The van der Waals surface area contributed by atoms with Crippen LogP contribution >= 0.6 is 0 Å². The van der Waals surface area contributed by atoms with E-state index in [2.05, 4.69) is 5.32 Å². The van der Waals surface area contributed by atoms with Crippen LogP contribution in [0.5, 0.6) is 11.5 Å². The predicted octanol–water partition coefficient (Wildman–Crippen LogP) is 4.97.